The Bertz CT molecular complexity index is 1080. The largest absolute Gasteiger partial charge is 0.454 e. The SMILES string of the molecule is FC(=CCc1ccc(F)c(Oc2ccccc2)c1)C(c1ccc(C(F)(F)F)cc1)C1CC1. The first-order valence-electron chi connectivity index (χ1n) is 10.4. The molecular formula is C26H21F5O. The molecule has 4 rings (SSSR count). The van der Waals surface area contributed by atoms with Gasteiger partial charge in [-0.3, -0.25) is 0 Å². The Morgan fingerprint density at radius 3 is 2.28 bits per heavy atom. The molecule has 32 heavy (non-hydrogen) atoms. The van der Waals surface area contributed by atoms with Crippen molar-refractivity contribution in [1.29, 1.82) is 0 Å². The molecule has 0 aliphatic heterocycles. The van der Waals surface area contributed by atoms with Gasteiger partial charge in [0.1, 0.15) is 11.6 Å². The lowest BCUT2D eigenvalue weighted by molar-refractivity contribution is -0.137. The minimum atomic E-state index is -4.43. The maximum absolute atomic E-state index is 15.1. The predicted octanol–water partition coefficient (Wildman–Crippen LogP) is 8.23. The van der Waals surface area contributed by atoms with Crippen LogP contribution in [0.3, 0.4) is 0 Å². The standard InChI is InChI=1S/C26H21F5O/c27-22-14-6-17(16-24(22)32-21-4-2-1-3-5-21)7-15-23(28)25(18-8-9-18)19-10-12-20(13-11-19)26(29,30)31/h1-6,10-16,18,25H,7-9H2. The van der Waals surface area contributed by atoms with Crippen LogP contribution in [0.25, 0.3) is 0 Å². The molecule has 1 fully saturated rings. The van der Waals surface area contributed by atoms with E-state index in [1.807, 2.05) is 6.07 Å². The first-order chi connectivity index (χ1) is 15.3. The summed E-state index contributed by atoms with van der Waals surface area (Å²) >= 11 is 0. The molecule has 1 unspecified atom stereocenters. The molecule has 0 heterocycles. The van der Waals surface area contributed by atoms with E-state index >= 15 is 4.39 Å². The van der Waals surface area contributed by atoms with E-state index in [2.05, 4.69) is 0 Å². The fraction of sp³-hybridized carbons (Fsp3) is 0.231. The van der Waals surface area contributed by atoms with Crippen molar-refractivity contribution in [1.82, 2.24) is 0 Å². The second-order valence-corrected chi connectivity index (χ2v) is 7.91. The van der Waals surface area contributed by atoms with Crippen molar-refractivity contribution < 1.29 is 26.7 Å². The summed E-state index contributed by atoms with van der Waals surface area (Å²) in [4.78, 5) is 0. The van der Waals surface area contributed by atoms with E-state index in [4.69, 9.17) is 4.74 Å². The van der Waals surface area contributed by atoms with Gasteiger partial charge in [-0.1, -0.05) is 36.4 Å². The number of alkyl halides is 3. The van der Waals surface area contributed by atoms with Gasteiger partial charge in [0.15, 0.2) is 11.6 Å². The zero-order valence-corrected chi connectivity index (χ0v) is 17.1. The summed E-state index contributed by atoms with van der Waals surface area (Å²) in [7, 11) is 0. The molecule has 0 radical (unpaired) electrons. The average Bonchev–Trinajstić information content (AvgIpc) is 3.60. The molecule has 0 aromatic heterocycles. The van der Waals surface area contributed by atoms with Crippen LogP contribution in [0, 0.1) is 11.7 Å². The van der Waals surface area contributed by atoms with Gasteiger partial charge in [-0.25, -0.2) is 8.78 Å². The van der Waals surface area contributed by atoms with E-state index in [1.165, 1.54) is 30.3 Å². The monoisotopic (exact) mass is 444 g/mol. The third-order valence-electron chi connectivity index (χ3n) is 5.49. The minimum absolute atomic E-state index is 0.0454. The zero-order chi connectivity index (χ0) is 22.7. The van der Waals surface area contributed by atoms with Crippen LogP contribution in [0.4, 0.5) is 22.0 Å². The number of hydrogen-bond donors (Lipinski definition) is 0. The van der Waals surface area contributed by atoms with Crippen LogP contribution in [0.1, 0.15) is 35.4 Å². The summed E-state index contributed by atoms with van der Waals surface area (Å²) < 4.78 is 73.3. The van der Waals surface area contributed by atoms with E-state index in [-0.39, 0.29) is 23.9 Å². The van der Waals surface area contributed by atoms with Gasteiger partial charge in [-0.05, 0) is 78.8 Å². The lowest BCUT2D eigenvalue weighted by atomic mass is 9.91. The highest BCUT2D eigenvalue weighted by molar-refractivity contribution is 5.37. The quantitative estimate of drug-likeness (QED) is 0.334. The van der Waals surface area contributed by atoms with Crippen molar-refractivity contribution in [3.8, 4) is 11.5 Å². The molecule has 1 atom stereocenters. The van der Waals surface area contributed by atoms with Gasteiger partial charge < -0.3 is 4.74 Å². The Morgan fingerprint density at radius 1 is 0.969 bits per heavy atom. The zero-order valence-electron chi connectivity index (χ0n) is 17.1. The molecule has 1 saturated carbocycles. The van der Waals surface area contributed by atoms with E-state index in [0.29, 0.717) is 16.9 Å². The molecule has 0 saturated heterocycles. The molecule has 1 aliphatic rings. The Labute approximate surface area is 183 Å². The summed E-state index contributed by atoms with van der Waals surface area (Å²) in [5.41, 5.74) is 0.438. The van der Waals surface area contributed by atoms with Crippen molar-refractivity contribution in [2.45, 2.75) is 31.4 Å². The fourth-order valence-electron chi connectivity index (χ4n) is 3.68. The Morgan fingerprint density at radius 2 is 1.66 bits per heavy atom. The second kappa shape index (κ2) is 9.15. The Balaban J connectivity index is 1.51. The molecule has 6 heteroatoms. The van der Waals surface area contributed by atoms with Crippen LogP contribution < -0.4 is 4.74 Å². The second-order valence-electron chi connectivity index (χ2n) is 7.91. The van der Waals surface area contributed by atoms with Crippen LogP contribution in [-0.4, -0.2) is 0 Å². The third kappa shape index (κ3) is 5.36. The van der Waals surface area contributed by atoms with Crippen molar-refractivity contribution in [3.05, 3.63) is 107 Å². The Kier molecular flexibility index (Phi) is 6.31. The third-order valence-corrected chi connectivity index (χ3v) is 5.49. The Hall–Kier alpha value is -3.15. The number of benzene rings is 3. The number of rotatable bonds is 7. The molecule has 0 N–H and O–H groups in total. The van der Waals surface area contributed by atoms with Crippen molar-refractivity contribution >= 4 is 0 Å². The summed E-state index contributed by atoms with van der Waals surface area (Å²) in [5, 5.41) is 0. The maximum Gasteiger partial charge on any atom is 0.416 e. The number of para-hydroxylation sites is 1. The first-order valence-corrected chi connectivity index (χ1v) is 10.4. The van der Waals surface area contributed by atoms with E-state index < -0.39 is 23.5 Å². The predicted molar refractivity (Wildman–Crippen MR) is 113 cm³/mol. The summed E-state index contributed by atoms with van der Waals surface area (Å²) in [6.07, 6.45) is -1.14. The molecular weight excluding hydrogens is 423 g/mol. The molecule has 1 nitrogen and oxygen atoms in total. The summed E-state index contributed by atoms with van der Waals surface area (Å²) in [6.45, 7) is 0. The van der Waals surface area contributed by atoms with Gasteiger partial charge in [0.05, 0.1) is 5.56 Å². The lowest BCUT2D eigenvalue weighted by Gasteiger charge is -2.16. The van der Waals surface area contributed by atoms with Crippen LogP contribution in [-0.2, 0) is 12.6 Å². The molecule has 0 bridgehead atoms. The van der Waals surface area contributed by atoms with Crippen LogP contribution in [0.15, 0.2) is 84.7 Å². The highest BCUT2D eigenvalue weighted by atomic mass is 19.4. The number of halogens is 5. The number of ether oxygens (including phenoxy) is 1. The van der Waals surface area contributed by atoms with Gasteiger partial charge in [-0.15, -0.1) is 0 Å². The maximum atomic E-state index is 15.1. The molecule has 3 aromatic rings. The number of hydrogen-bond acceptors (Lipinski definition) is 1. The van der Waals surface area contributed by atoms with E-state index in [9.17, 15) is 17.6 Å². The van der Waals surface area contributed by atoms with Crippen molar-refractivity contribution in [3.63, 3.8) is 0 Å². The first kappa shape index (κ1) is 22.1. The fourth-order valence-corrected chi connectivity index (χ4v) is 3.68. The molecule has 3 aromatic carbocycles. The van der Waals surface area contributed by atoms with Crippen molar-refractivity contribution in [2.75, 3.05) is 0 Å². The summed E-state index contributed by atoms with van der Waals surface area (Å²) in [6, 6.07) is 17.8. The number of allylic oxidation sites excluding steroid dienone is 2. The van der Waals surface area contributed by atoms with Crippen LogP contribution in [0.2, 0.25) is 0 Å². The normalized spacial score (nSPS) is 15.5. The highest BCUT2D eigenvalue weighted by Gasteiger charge is 2.36. The van der Waals surface area contributed by atoms with Gasteiger partial charge in [-0.2, -0.15) is 13.2 Å². The lowest BCUT2D eigenvalue weighted by Crippen LogP contribution is -2.07. The molecule has 166 valence electrons. The van der Waals surface area contributed by atoms with Crippen LogP contribution in [0.5, 0.6) is 11.5 Å². The van der Waals surface area contributed by atoms with Crippen molar-refractivity contribution in [2.24, 2.45) is 5.92 Å². The molecule has 0 spiro atoms. The van der Waals surface area contributed by atoms with E-state index in [0.717, 1.165) is 25.0 Å². The van der Waals surface area contributed by atoms with Gasteiger partial charge >= 0.3 is 6.18 Å². The van der Waals surface area contributed by atoms with Crippen LogP contribution >= 0.6 is 0 Å². The highest BCUT2D eigenvalue weighted by Crippen LogP contribution is 2.47. The summed E-state index contributed by atoms with van der Waals surface area (Å²) in [5.74, 6) is -0.874. The average molecular weight is 444 g/mol. The van der Waals surface area contributed by atoms with E-state index in [1.54, 1.807) is 30.3 Å². The van der Waals surface area contributed by atoms with Gasteiger partial charge in [0.2, 0.25) is 0 Å². The topological polar surface area (TPSA) is 9.23 Å². The molecule has 1 aliphatic carbocycles. The smallest absolute Gasteiger partial charge is 0.416 e. The molecule has 0 amide bonds. The van der Waals surface area contributed by atoms with Gasteiger partial charge in [0.25, 0.3) is 0 Å². The van der Waals surface area contributed by atoms with Gasteiger partial charge in [0, 0.05) is 5.92 Å². The minimum Gasteiger partial charge on any atom is -0.454 e.